The Labute approximate surface area is 82.9 Å². The van der Waals surface area contributed by atoms with E-state index in [1.165, 1.54) is 24.5 Å². The fourth-order valence-electron chi connectivity index (χ4n) is 1.08. The van der Waals surface area contributed by atoms with Crippen molar-refractivity contribution < 1.29 is 10.0 Å². The second kappa shape index (κ2) is 3.33. The number of benzene rings is 1. The molecule has 0 amide bonds. The SMILES string of the molecule is O=[N+]([O-])c1ccc(O)c(-n2cnnn2)c1. The molecule has 0 aliphatic carbocycles. The molecule has 8 nitrogen and oxygen atoms in total. The van der Waals surface area contributed by atoms with Gasteiger partial charge in [0.05, 0.1) is 4.92 Å². The summed E-state index contributed by atoms with van der Waals surface area (Å²) in [5, 5.41) is 30.2. The summed E-state index contributed by atoms with van der Waals surface area (Å²) < 4.78 is 1.14. The zero-order valence-corrected chi connectivity index (χ0v) is 7.31. The summed E-state index contributed by atoms with van der Waals surface area (Å²) in [5.74, 6) is -0.132. The molecule has 8 heteroatoms. The molecule has 2 rings (SSSR count). The predicted molar refractivity (Wildman–Crippen MR) is 47.5 cm³/mol. The van der Waals surface area contributed by atoms with Crippen molar-refractivity contribution >= 4 is 5.69 Å². The second-order valence-corrected chi connectivity index (χ2v) is 2.68. The summed E-state index contributed by atoms with van der Waals surface area (Å²) >= 11 is 0. The molecule has 15 heavy (non-hydrogen) atoms. The first-order valence-corrected chi connectivity index (χ1v) is 3.89. The number of rotatable bonds is 2. The minimum atomic E-state index is -0.562. The zero-order chi connectivity index (χ0) is 10.8. The Kier molecular flexibility index (Phi) is 2.01. The zero-order valence-electron chi connectivity index (χ0n) is 7.31. The van der Waals surface area contributed by atoms with Gasteiger partial charge in [-0.25, -0.2) is 0 Å². The first kappa shape index (κ1) is 9.06. The van der Waals surface area contributed by atoms with Crippen LogP contribution in [0.4, 0.5) is 5.69 Å². The van der Waals surface area contributed by atoms with Gasteiger partial charge in [0.25, 0.3) is 5.69 Å². The highest BCUT2D eigenvalue weighted by molar-refractivity contribution is 5.51. The number of hydrogen-bond donors (Lipinski definition) is 1. The third kappa shape index (κ3) is 1.59. The predicted octanol–water partition coefficient (Wildman–Crippen LogP) is 0.276. The number of nitro groups is 1. The number of nitrogens with zero attached hydrogens (tertiary/aromatic N) is 5. The third-order valence-corrected chi connectivity index (χ3v) is 1.77. The first-order chi connectivity index (χ1) is 7.18. The van der Waals surface area contributed by atoms with E-state index >= 15 is 0 Å². The van der Waals surface area contributed by atoms with Gasteiger partial charge in [0.2, 0.25) is 0 Å². The van der Waals surface area contributed by atoms with Crippen molar-refractivity contribution in [1.29, 1.82) is 0 Å². The van der Waals surface area contributed by atoms with E-state index in [9.17, 15) is 15.2 Å². The molecular formula is C7H5N5O3. The Morgan fingerprint density at radius 3 is 2.87 bits per heavy atom. The van der Waals surface area contributed by atoms with E-state index in [0.717, 1.165) is 4.68 Å². The maximum absolute atomic E-state index is 10.5. The van der Waals surface area contributed by atoms with Crippen molar-refractivity contribution in [3.8, 4) is 11.4 Å². The van der Waals surface area contributed by atoms with Crippen LogP contribution in [0.15, 0.2) is 24.5 Å². The molecule has 1 aromatic carbocycles. The molecule has 0 aliphatic rings. The number of aromatic hydroxyl groups is 1. The molecule has 1 N–H and O–H groups in total. The average Bonchev–Trinajstić information content (AvgIpc) is 2.71. The maximum Gasteiger partial charge on any atom is 0.271 e. The van der Waals surface area contributed by atoms with Crippen LogP contribution in [0.1, 0.15) is 0 Å². The molecule has 0 saturated carbocycles. The van der Waals surface area contributed by atoms with E-state index in [4.69, 9.17) is 0 Å². The van der Waals surface area contributed by atoms with Crippen molar-refractivity contribution in [3.63, 3.8) is 0 Å². The molecule has 0 spiro atoms. The quantitative estimate of drug-likeness (QED) is 0.559. The van der Waals surface area contributed by atoms with Crippen LogP contribution in [0.3, 0.4) is 0 Å². The molecule has 1 aromatic heterocycles. The lowest BCUT2D eigenvalue weighted by molar-refractivity contribution is -0.384. The van der Waals surface area contributed by atoms with E-state index in [1.54, 1.807) is 0 Å². The molecule has 0 fully saturated rings. The number of phenolic OH excluding ortho intramolecular Hbond substituents is 1. The van der Waals surface area contributed by atoms with E-state index < -0.39 is 4.92 Å². The molecule has 0 atom stereocenters. The lowest BCUT2D eigenvalue weighted by atomic mass is 10.2. The number of nitro benzene ring substituents is 1. The van der Waals surface area contributed by atoms with Crippen LogP contribution in [-0.4, -0.2) is 30.2 Å². The highest BCUT2D eigenvalue weighted by Crippen LogP contribution is 2.25. The van der Waals surface area contributed by atoms with Crippen LogP contribution in [-0.2, 0) is 0 Å². The summed E-state index contributed by atoms with van der Waals surface area (Å²) in [5.41, 5.74) is 0.0208. The number of non-ortho nitro benzene ring substituents is 1. The minimum Gasteiger partial charge on any atom is -0.506 e. The molecular weight excluding hydrogens is 202 g/mol. The Hall–Kier alpha value is -2.51. The third-order valence-electron chi connectivity index (χ3n) is 1.77. The van der Waals surface area contributed by atoms with E-state index in [2.05, 4.69) is 15.5 Å². The van der Waals surface area contributed by atoms with Crippen molar-refractivity contribution in [1.82, 2.24) is 20.2 Å². The second-order valence-electron chi connectivity index (χ2n) is 2.68. The molecule has 0 bridgehead atoms. The van der Waals surface area contributed by atoms with Gasteiger partial charge < -0.3 is 5.11 Å². The molecule has 0 radical (unpaired) electrons. The molecule has 0 aliphatic heterocycles. The van der Waals surface area contributed by atoms with Gasteiger partial charge in [0, 0.05) is 12.1 Å². The van der Waals surface area contributed by atoms with Gasteiger partial charge in [-0.05, 0) is 16.5 Å². The molecule has 1 heterocycles. The normalized spacial score (nSPS) is 10.1. The van der Waals surface area contributed by atoms with Crippen LogP contribution < -0.4 is 0 Å². The summed E-state index contributed by atoms with van der Waals surface area (Å²) in [7, 11) is 0. The number of aromatic nitrogens is 4. The highest BCUT2D eigenvalue weighted by atomic mass is 16.6. The Balaban J connectivity index is 2.55. The molecule has 0 unspecified atom stereocenters. The van der Waals surface area contributed by atoms with Crippen LogP contribution >= 0.6 is 0 Å². The van der Waals surface area contributed by atoms with Gasteiger partial charge in [-0.2, -0.15) is 4.68 Å². The van der Waals surface area contributed by atoms with Gasteiger partial charge in [0.1, 0.15) is 17.8 Å². The van der Waals surface area contributed by atoms with E-state index in [-0.39, 0.29) is 17.1 Å². The summed E-state index contributed by atoms with van der Waals surface area (Å²) in [6.45, 7) is 0. The summed E-state index contributed by atoms with van der Waals surface area (Å²) in [6.07, 6.45) is 1.23. The first-order valence-electron chi connectivity index (χ1n) is 3.89. The van der Waals surface area contributed by atoms with Crippen molar-refractivity contribution in [2.75, 3.05) is 0 Å². The largest absolute Gasteiger partial charge is 0.506 e. The smallest absolute Gasteiger partial charge is 0.271 e. The van der Waals surface area contributed by atoms with Crippen LogP contribution in [0.25, 0.3) is 5.69 Å². The van der Waals surface area contributed by atoms with Gasteiger partial charge in [-0.1, -0.05) is 0 Å². The number of phenols is 1. The summed E-state index contributed by atoms with van der Waals surface area (Å²) in [6, 6.07) is 3.60. The van der Waals surface area contributed by atoms with Gasteiger partial charge in [-0.15, -0.1) is 5.10 Å². The minimum absolute atomic E-state index is 0.132. The number of tetrazole rings is 1. The van der Waals surface area contributed by atoms with Crippen LogP contribution in [0.5, 0.6) is 5.75 Å². The topological polar surface area (TPSA) is 107 Å². The van der Waals surface area contributed by atoms with Gasteiger partial charge in [-0.3, -0.25) is 10.1 Å². The fourth-order valence-corrected chi connectivity index (χ4v) is 1.08. The number of hydrogen-bond acceptors (Lipinski definition) is 6. The lowest BCUT2D eigenvalue weighted by Crippen LogP contribution is -1.97. The van der Waals surface area contributed by atoms with Gasteiger partial charge >= 0.3 is 0 Å². The lowest BCUT2D eigenvalue weighted by Gasteiger charge is -2.01. The van der Waals surface area contributed by atoms with Crippen molar-refractivity contribution in [2.45, 2.75) is 0 Å². The van der Waals surface area contributed by atoms with Crippen LogP contribution in [0.2, 0.25) is 0 Å². The standard InChI is InChI=1S/C7H5N5O3/c13-7-2-1-5(12(14)15)3-6(7)11-4-8-9-10-11/h1-4,13H. The Morgan fingerprint density at radius 2 is 2.27 bits per heavy atom. The molecule has 2 aromatic rings. The monoisotopic (exact) mass is 207 g/mol. The highest BCUT2D eigenvalue weighted by Gasteiger charge is 2.12. The van der Waals surface area contributed by atoms with Crippen LogP contribution in [0, 0.1) is 10.1 Å². The average molecular weight is 207 g/mol. The maximum atomic E-state index is 10.5. The van der Waals surface area contributed by atoms with Crippen molar-refractivity contribution in [3.05, 3.63) is 34.6 Å². The van der Waals surface area contributed by atoms with Gasteiger partial charge in [0.15, 0.2) is 0 Å². The van der Waals surface area contributed by atoms with E-state index in [1.807, 2.05) is 0 Å². The molecule has 76 valence electrons. The van der Waals surface area contributed by atoms with Crippen molar-refractivity contribution in [2.24, 2.45) is 0 Å². The van der Waals surface area contributed by atoms with E-state index in [0.29, 0.717) is 0 Å². The Bertz CT molecular complexity index is 495. The Morgan fingerprint density at radius 1 is 1.47 bits per heavy atom. The summed E-state index contributed by atoms with van der Waals surface area (Å²) in [4.78, 5) is 9.93. The fraction of sp³-hybridized carbons (Fsp3) is 0. The molecule has 0 saturated heterocycles.